The fraction of sp³-hybridized carbons (Fsp3) is 0.444. The summed E-state index contributed by atoms with van der Waals surface area (Å²) in [7, 11) is 0. The van der Waals surface area contributed by atoms with Crippen LogP contribution in [0.3, 0.4) is 0 Å². The summed E-state index contributed by atoms with van der Waals surface area (Å²) in [5, 5.41) is 0. The summed E-state index contributed by atoms with van der Waals surface area (Å²) < 4.78 is 1.99. The SMILES string of the molecule is CCCCc1ccnc(Br)c1Br. The number of aromatic nitrogens is 1. The third-order valence-corrected chi connectivity index (χ3v) is 3.74. The zero-order valence-electron chi connectivity index (χ0n) is 6.98. The van der Waals surface area contributed by atoms with Crippen molar-refractivity contribution in [1.82, 2.24) is 4.98 Å². The molecule has 1 aromatic rings. The van der Waals surface area contributed by atoms with Gasteiger partial charge in [0.2, 0.25) is 0 Å². The lowest BCUT2D eigenvalue weighted by atomic mass is 10.1. The Labute approximate surface area is 89.8 Å². The lowest BCUT2D eigenvalue weighted by Gasteiger charge is -2.03. The largest absolute Gasteiger partial charge is 0.248 e. The molecule has 0 spiro atoms. The molecule has 0 unspecified atom stereocenters. The van der Waals surface area contributed by atoms with Crippen LogP contribution in [0.25, 0.3) is 0 Å². The van der Waals surface area contributed by atoms with E-state index in [1.54, 1.807) is 0 Å². The van der Waals surface area contributed by atoms with Crippen LogP contribution in [0.15, 0.2) is 21.3 Å². The second-order valence-electron chi connectivity index (χ2n) is 2.68. The van der Waals surface area contributed by atoms with Gasteiger partial charge in [0.05, 0.1) is 4.47 Å². The number of hydrogen-bond acceptors (Lipinski definition) is 1. The fourth-order valence-electron chi connectivity index (χ4n) is 1.02. The van der Waals surface area contributed by atoms with E-state index in [1.807, 2.05) is 6.20 Å². The number of aryl methyl sites for hydroxylation is 1. The number of rotatable bonds is 3. The van der Waals surface area contributed by atoms with Crippen molar-refractivity contribution >= 4 is 31.9 Å². The highest BCUT2D eigenvalue weighted by molar-refractivity contribution is 9.13. The van der Waals surface area contributed by atoms with E-state index in [0.29, 0.717) is 0 Å². The van der Waals surface area contributed by atoms with Gasteiger partial charge >= 0.3 is 0 Å². The first kappa shape index (κ1) is 10.2. The van der Waals surface area contributed by atoms with Crippen LogP contribution in [-0.2, 0) is 6.42 Å². The molecular weight excluding hydrogens is 282 g/mol. The van der Waals surface area contributed by atoms with Gasteiger partial charge in [-0.15, -0.1) is 0 Å². The molecule has 3 heteroatoms. The molecule has 1 aromatic heterocycles. The molecule has 1 rings (SSSR count). The third-order valence-electron chi connectivity index (χ3n) is 1.73. The summed E-state index contributed by atoms with van der Waals surface area (Å²) >= 11 is 6.88. The molecule has 0 saturated heterocycles. The molecule has 1 heterocycles. The van der Waals surface area contributed by atoms with E-state index in [2.05, 4.69) is 49.8 Å². The van der Waals surface area contributed by atoms with E-state index >= 15 is 0 Å². The van der Waals surface area contributed by atoms with Gasteiger partial charge in [0.1, 0.15) is 4.60 Å². The van der Waals surface area contributed by atoms with E-state index in [-0.39, 0.29) is 0 Å². The molecule has 12 heavy (non-hydrogen) atoms. The molecule has 0 radical (unpaired) electrons. The average Bonchev–Trinajstić information content (AvgIpc) is 2.08. The van der Waals surface area contributed by atoms with Gasteiger partial charge in [-0.1, -0.05) is 13.3 Å². The highest BCUT2D eigenvalue weighted by Gasteiger charge is 2.02. The summed E-state index contributed by atoms with van der Waals surface area (Å²) in [6, 6.07) is 2.06. The number of pyridine rings is 1. The van der Waals surface area contributed by atoms with Gasteiger partial charge in [-0.3, -0.25) is 0 Å². The van der Waals surface area contributed by atoms with E-state index in [4.69, 9.17) is 0 Å². The second-order valence-corrected chi connectivity index (χ2v) is 4.22. The Balaban J connectivity index is 2.78. The Bertz CT molecular complexity index is 261. The predicted molar refractivity (Wildman–Crippen MR) is 58.2 cm³/mol. The fourth-order valence-corrected chi connectivity index (χ4v) is 1.82. The molecular formula is C9H11Br2N. The normalized spacial score (nSPS) is 10.2. The van der Waals surface area contributed by atoms with Crippen LogP contribution in [0, 0.1) is 0 Å². The minimum Gasteiger partial charge on any atom is -0.248 e. The number of nitrogens with zero attached hydrogens (tertiary/aromatic N) is 1. The standard InChI is InChI=1S/C9H11Br2N/c1-2-3-4-7-5-6-12-9(11)8(7)10/h5-6H,2-4H2,1H3. The predicted octanol–water partition coefficient (Wildman–Crippen LogP) is 3.95. The van der Waals surface area contributed by atoms with Crippen molar-refractivity contribution in [1.29, 1.82) is 0 Å². The van der Waals surface area contributed by atoms with Crippen LogP contribution in [0.1, 0.15) is 25.3 Å². The Morgan fingerprint density at radius 2 is 2.17 bits per heavy atom. The topological polar surface area (TPSA) is 12.9 Å². The van der Waals surface area contributed by atoms with Crippen LogP contribution in [0.2, 0.25) is 0 Å². The van der Waals surface area contributed by atoms with Crippen molar-refractivity contribution in [3.8, 4) is 0 Å². The van der Waals surface area contributed by atoms with Crippen molar-refractivity contribution in [2.75, 3.05) is 0 Å². The molecule has 0 aromatic carbocycles. The number of hydrogen-bond donors (Lipinski definition) is 0. The molecule has 0 amide bonds. The molecule has 0 aliphatic heterocycles. The quantitative estimate of drug-likeness (QED) is 0.769. The van der Waals surface area contributed by atoms with E-state index in [9.17, 15) is 0 Å². The van der Waals surface area contributed by atoms with Crippen molar-refractivity contribution < 1.29 is 0 Å². The smallest absolute Gasteiger partial charge is 0.120 e. The summed E-state index contributed by atoms with van der Waals surface area (Å²) in [4.78, 5) is 4.12. The summed E-state index contributed by atoms with van der Waals surface area (Å²) in [6.45, 7) is 2.20. The first-order valence-electron chi connectivity index (χ1n) is 4.04. The van der Waals surface area contributed by atoms with Crippen molar-refractivity contribution in [3.63, 3.8) is 0 Å². The monoisotopic (exact) mass is 291 g/mol. The summed E-state index contributed by atoms with van der Waals surface area (Å²) in [5.41, 5.74) is 1.33. The van der Waals surface area contributed by atoms with Crippen molar-refractivity contribution in [3.05, 3.63) is 26.9 Å². The molecule has 0 N–H and O–H groups in total. The van der Waals surface area contributed by atoms with Gasteiger partial charge in [0, 0.05) is 6.20 Å². The first-order chi connectivity index (χ1) is 5.75. The third kappa shape index (κ3) is 2.56. The Kier molecular flexibility index (Phi) is 4.22. The lowest BCUT2D eigenvalue weighted by molar-refractivity contribution is 0.790. The van der Waals surface area contributed by atoms with Crippen LogP contribution < -0.4 is 0 Å². The van der Waals surface area contributed by atoms with Gasteiger partial charge in [-0.05, 0) is 56.3 Å². The van der Waals surface area contributed by atoms with Crippen LogP contribution >= 0.6 is 31.9 Å². The Hall–Kier alpha value is 0.110. The molecule has 0 atom stereocenters. The van der Waals surface area contributed by atoms with E-state index in [0.717, 1.165) is 15.5 Å². The highest BCUT2D eigenvalue weighted by Crippen LogP contribution is 2.25. The van der Waals surface area contributed by atoms with Crippen LogP contribution in [-0.4, -0.2) is 4.98 Å². The molecule has 0 aliphatic carbocycles. The van der Waals surface area contributed by atoms with Gasteiger partial charge in [0.25, 0.3) is 0 Å². The summed E-state index contributed by atoms with van der Waals surface area (Å²) in [5.74, 6) is 0. The second kappa shape index (κ2) is 4.97. The van der Waals surface area contributed by atoms with Crippen molar-refractivity contribution in [2.24, 2.45) is 0 Å². The van der Waals surface area contributed by atoms with Gasteiger partial charge in [-0.25, -0.2) is 4.98 Å². The maximum Gasteiger partial charge on any atom is 0.120 e. The molecule has 0 bridgehead atoms. The van der Waals surface area contributed by atoms with Crippen LogP contribution in [0.4, 0.5) is 0 Å². The van der Waals surface area contributed by atoms with E-state index in [1.165, 1.54) is 18.4 Å². The number of unbranched alkanes of at least 4 members (excludes halogenated alkanes) is 1. The Morgan fingerprint density at radius 1 is 1.42 bits per heavy atom. The molecule has 1 nitrogen and oxygen atoms in total. The molecule has 0 fully saturated rings. The van der Waals surface area contributed by atoms with Gasteiger partial charge in [-0.2, -0.15) is 0 Å². The van der Waals surface area contributed by atoms with Crippen LogP contribution in [0.5, 0.6) is 0 Å². The van der Waals surface area contributed by atoms with Gasteiger partial charge < -0.3 is 0 Å². The molecule has 0 saturated carbocycles. The highest BCUT2D eigenvalue weighted by atomic mass is 79.9. The zero-order valence-corrected chi connectivity index (χ0v) is 10.2. The lowest BCUT2D eigenvalue weighted by Crippen LogP contribution is -1.88. The summed E-state index contributed by atoms with van der Waals surface area (Å²) in [6.07, 6.45) is 5.42. The maximum absolute atomic E-state index is 4.12. The average molecular weight is 293 g/mol. The molecule has 0 aliphatic rings. The minimum atomic E-state index is 0.899. The molecule has 66 valence electrons. The minimum absolute atomic E-state index is 0.899. The zero-order chi connectivity index (χ0) is 8.97. The number of halogens is 2. The van der Waals surface area contributed by atoms with Gasteiger partial charge in [0.15, 0.2) is 0 Å². The first-order valence-corrected chi connectivity index (χ1v) is 5.63. The van der Waals surface area contributed by atoms with Crippen molar-refractivity contribution in [2.45, 2.75) is 26.2 Å². The Morgan fingerprint density at radius 3 is 2.83 bits per heavy atom. The van der Waals surface area contributed by atoms with E-state index < -0.39 is 0 Å². The maximum atomic E-state index is 4.12.